The molecule has 1 fully saturated rings. The van der Waals surface area contributed by atoms with Crippen molar-refractivity contribution in [1.29, 1.82) is 0 Å². The number of aromatic nitrogens is 7. The Balaban J connectivity index is 1.53. The molecule has 4 rings (SSSR count). The molecule has 0 aromatic carbocycles. The fourth-order valence-corrected chi connectivity index (χ4v) is 3.52. The maximum absolute atomic E-state index is 5.80. The van der Waals surface area contributed by atoms with E-state index in [0.29, 0.717) is 18.3 Å². The van der Waals surface area contributed by atoms with Gasteiger partial charge < -0.3 is 19.8 Å². The Bertz CT molecular complexity index is 897. The summed E-state index contributed by atoms with van der Waals surface area (Å²) >= 11 is 0. The summed E-state index contributed by atoms with van der Waals surface area (Å²) in [6.45, 7) is 4.48. The van der Waals surface area contributed by atoms with E-state index in [-0.39, 0.29) is 0 Å². The monoisotopic (exact) mass is 353 g/mol. The van der Waals surface area contributed by atoms with Gasteiger partial charge in [0.05, 0.1) is 6.54 Å². The minimum absolute atomic E-state index is 0.315. The molecule has 1 aliphatic rings. The van der Waals surface area contributed by atoms with Crippen molar-refractivity contribution < 1.29 is 0 Å². The van der Waals surface area contributed by atoms with Gasteiger partial charge in [-0.3, -0.25) is 0 Å². The van der Waals surface area contributed by atoms with E-state index in [1.54, 1.807) is 6.20 Å². The lowest BCUT2D eigenvalue weighted by atomic mass is 9.97. The van der Waals surface area contributed by atoms with Crippen LogP contribution in [-0.4, -0.2) is 47.4 Å². The number of nitrogen functional groups attached to an aromatic ring is 1. The van der Waals surface area contributed by atoms with Crippen molar-refractivity contribution in [2.45, 2.75) is 32.2 Å². The highest BCUT2D eigenvalue weighted by molar-refractivity contribution is 5.46. The van der Waals surface area contributed by atoms with Gasteiger partial charge in [0.2, 0.25) is 0 Å². The van der Waals surface area contributed by atoms with Crippen LogP contribution in [0.2, 0.25) is 0 Å². The standard InChI is InChI=1S/C17H23N9/c1-12-19-5-7-25(12)10-16-22-23-17(24(16)2)13-4-3-6-26(9-13)15-8-14(18)20-11-21-15/h5,7-8,11,13H,3-4,6,9-10H2,1-2H3,(H2,18,20,21)/t13-/m1/s1. The van der Waals surface area contributed by atoms with Crippen LogP contribution in [0.1, 0.15) is 36.2 Å². The van der Waals surface area contributed by atoms with Gasteiger partial charge in [0, 0.05) is 44.5 Å². The molecule has 1 saturated heterocycles. The van der Waals surface area contributed by atoms with Crippen LogP contribution in [0, 0.1) is 6.92 Å². The van der Waals surface area contributed by atoms with Crippen LogP contribution in [0.15, 0.2) is 24.8 Å². The second kappa shape index (κ2) is 6.74. The SMILES string of the molecule is Cc1nccn1Cc1nnc([C@@H]2CCCN(c3cc(N)ncn3)C2)n1C. The summed E-state index contributed by atoms with van der Waals surface area (Å²) in [4.78, 5) is 14.9. The van der Waals surface area contributed by atoms with Crippen LogP contribution >= 0.6 is 0 Å². The number of anilines is 2. The van der Waals surface area contributed by atoms with Crippen molar-refractivity contribution in [3.8, 4) is 0 Å². The van der Waals surface area contributed by atoms with Crippen LogP contribution in [0.3, 0.4) is 0 Å². The Morgan fingerprint density at radius 3 is 2.88 bits per heavy atom. The third-order valence-electron chi connectivity index (χ3n) is 5.02. The number of imidazole rings is 1. The van der Waals surface area contributed by atoms with Gasteiger partial charge in [0.25, 0.3) is 0 Å². The first-order chi connectivity index (χ1) is 12.6. The van der Waals surface area contributed by atoms with E-state index >= 15 is 0 Å². The number of rotatable bonds is 4. The van der Waals surface area contributed by atoms with E-state index in [4.69, 9.17) is 5.73 Å². The Hall–Kier alpha value is -2.97. The first-order valence-electron chi connectivity index (χ1n) is 8.80. The average Bonchev–Trinajstić information content (AvgIpc) is 3.22. The smallest absolute Gasteiger partial charge is 0.152 e. The van der Waals surface area contributed by atoms with Crippen molar-refractivity contribution in [2.24, 2.45) is 7.05 Å². The van der Waals surface area contributed by atoms with Crippen molar-refractivity contribution >= 4 is 11.6 Å². The second-order valence-electron chi connectivity index (χ2n) is 6.72. The van der Waals surface area contributed by atoms with Crippen LogP contribution in [0.25, 0.3) is 0 Å². The van der Waals surface area contributed by atoms with Crippen LogP contribution in [-0.2, 0) is 13.6 Å². The van der Waals surface area contributed by atoms with Crippen molar-refractivity contribution in [3.63, 3.8) is 0 Å². The maximum Gasteiger partial charge on any atom is 0.152 e. The van der Waals surface area contributed by atoms with Gasteiger partial charge in [-0.1, -0.05) is 0 Å². The van der Waals surface area contributed by atoms with E-state index < -0.39 is 0 Å². The third-order valence-corrected chi connectivity index (χ3v) is 5.02. The van der Waals surface area contributed by atoms with Gasteiger partial charge in [-0.15, -0.1) is 10.2 Å². The second-order valence-corrected chi connectivity index (χ2v) is 6.72. The highest BCUT2D eigenvalue weighted by Crippen LogP contribution is 2.28. The van der Waals surface area contributed by atoms with Crippen LogP contribution < -0.4 is 10.6 Å². The topological polar surface area (TPSA) is 104 Å². The summed E-state index contributed by atoms with van der Waals surface area (Å²) < 4.78 is 4.19. The lowest BCUT2D eigenvalue weighted by Crippen LogP contribution is -2.36. The fourth-order valence-electron chi connectivity index (χ4n) is 3.52. The largest absolute Gasteiger partial charge is 0.384 e. The molecular weight excluding hydrogens is 330 g/mol. The van der Waals surface area contributed by atoms with Gasteiger partial charge in [-0.25, -0.2) is 15.0 Å². The van der Waals surface area contributed by atoms with E-state index in [0.717, 1.165) is 49.2 Å². The van der Waals surface area contributed by atoms with E-state index in [1.165, 1.54) is 6.33 Å². The molecule has 9 heteroatoms. The van der Waals surface area contributed by atoms with Gasteiger partial charge in [0.15, 0.2) is 5.82 Å². The average molecular weight is 353 g/mol. The maximum atomic E-state index is 5.80. The molecule has 26 heavy (non-hydrogen) atoms. The van der Waals surface area contributed by atoms with Crippen molar-refractivity contribution in [3.05, 3.63) is 42.3 Å². The predicted octanol–water partition coefficient (Wildman–Crippen LogP) is 1.12. The Morgan fingerprint density at radius 1 is 1.23 bits per heavy atom. The normalized spacial score (nSPS) is 17.6. The van der Waals surface area contributed by atoms with Gasteiger partial charge in [-0.2, -0.15) is 0 Å². The Morgan fingerprint density at radius 2 is 2.12 bits per heavy atom. The first-order valence-corrected chi connectivity index (χ1v) is 8.80. The van der Waals surface area contributed by atoms with Gasteiger partial charge in [0.1, 0.15) is 29.6 Å². The molecule has 1 aliphatic heterocycles. The molecule has 136 valence electrons. The summed E-state index contributed by atoms with van der Waals surface area (Å²) in [7, 11) is 2.04. The molecule has 2 N–H and O–H groups in total. The summed E-state index contributed by atoms with van der Waals surface area (Å²) in [5.74, 6) is 4.61. The molecular formula is C17H23N9. The quantitative estimate of drug-likeness (QED) is 0.749. The Labute approximate surface area is 151 Å². The lowest BCUT2D eigenvalue weighted by Gasteiger charge is -2.33. The van der Waals surface area contributed by atoms with E-state index in [1.807, 2.05) is 26.2 Å². The summed E-state index contributed by atoms with van der Waals surface area (Å²) in [6, 6.07) is 1.83. The van der Waals surface area contributed by atoms with Crippen molar-refractivity contribution in [1.82, 2.24) is 34.3 Å². The molecule has 3 aromatic rings. The molecule has 0 bridgehead atoms. The van der Waals surface area contributed by atoms with Crippen molar-refractivity contribution in [2.75, 3.05) is 23.7 Å². The fraction of sp³-hybridized carbons (Fsp3) is 0.471. The highest BCUT2D eigenvalue weighted by Gasteiger charge is 2.27. The summed E-state index contributed by atoms with van der Waals surface area (Å²) in [5.41, 5.74) is 5.80. The van der Waals surface area contributed by atoms with Gasteiger partial charge >= 0.3 is 0 Å². The predicted molar refractivity (Wildman–Crippen MR) is 97.7 cm³/mol. The zero-order valence-corrected chi connectivity index (χ0v) is 15.1. The number of piperidine rings is 1. The molecule has 0 unspecified atom stereocenters. The molecule has 0 amide bonds. The number of hydrogen-bond donors (Lipinski definition) is 1. The number of nitrogens with zero attached hydrogens (tertiary/aromatic N) is 8. The zero-order valence-electron chi connectivity index (χ0n) is 15.1. The zero-order chi connectivity index (χ0) is 18.1. The third kappa shape index (κ3) is 3.12. The van der Waals surface area contributed by atoms with E-state index in [9.17, 15) is 0 Å². The molecule has 0 saturated carbocycles. The lowest BCUT2D eigenvalue weighted by molar-refractivity contribution is 0.475. The minimum atomic E-state index is 0.315. The highest BCUT2D eigenvalue weighted by atomic mass is 15.3. The Kier molecular flexibility index (Phi) is 4.27. The first kappa shape index (κ1) is 16.5. The molecule has 3 aromatic heterocycles. The van der Waals surface area contributed by atoms with Crippen LogP contribution in [0.5, 0.6) is 0 Å². The van der Waals surface area contributed by atoms with Gasteiger partial charge in [-0.05, 0) is 19.8 Å². The number of hydrogen-bond acceptors (Lipinski definition) is 7. The molecule has 9 nitrogen and oxygen atoms in total. The van der Waals surface area contributed by atoms with E-state index in [2.05, 4.69) is 39.2 Å². The van der Waals surface area contributed by atoms with Crippen LogP contribution in [0.4, 0.5) is 11.6 Å². The molecule has 0 radical (unpaired) electrons. The number of nitrogens with two attached hydrogens (primary N) is 1. The molecule has 0 aliphatic carbocycles. The number of aryl methyl sites for hydroxylation is 1. The molecule has 0 spiro atoms. The summed E-state index contributed by atoms with van der Waals surface area (Å²) in [5, 5.41) is 8.91. The minimum Gasteiger partial charge on any atom is -0.384 e. The molecule has 4 heterocycles. The molecule has 1 atom stereocenters. The summed E-state index contributed by atoms with van der Waals surface area (Å²) in [6.07, 6.45) is 7.46.